The summed E-state index contributed by atoms with van der Waals surface area (Å²) in [5.74, 6) is 0.792. The number of ether oxygens (including phenoxy) is 1. The van der Waals surface area contributed by atoms with Gasteiger partial charge in [-0.2, -0.15) is 0 Å². The van der Waals surface area contributed by atoms with E-state index < -0.39 is 5.60 Å². The van der Waals surface area contributed by atoms with Crippen LogP contribution in [0.3, 0.4) is 0 Å². The van der Waals surface area contributed by atoms with Crippen molar-refractivity contribution < 1.29 is 9.84 Å². The molecule has 3 nitrogen and oxygen atoms in total. The smallest absolute Gasteiger partial charge is 0.119 e. The van der Waals surface area contributed by atoms with Crippen molar-refractivity contribution in [1.29, 1.82) is 0 Å². The van der Waals surface area contributed by atoms with Crippen LogP contribution in [0.25, 0.3) is 0 Å². The Balaban J connectivity index is 1.96. The molecule has 3 N–H and O–H groups in total. The van der Waals surface area contributed by atoms with Crippen molar-refractivity contribution in [3.05, 3.63) is 29.8 Å². The van der Waals surface area contributed by atoms with Crippen molar-refractivity contribution in [3.8, 4) is 5.75 Å². The van der Waals surface area contributed by atoms with Gasteiger partial charge in [0.2, 0.25) is 0 Å². The Bertz CT molecular complexity index is 370. The summed E-state index contributed by atoms with van der Waals surface area (Å²) >= 11 is 0. The normalized spacial score (nSPS) is 20.2. The van der Waals surface area contributed by atoms with E-state index in [9.17, 15) is 5.11 Å². The Labute approximate surface area is 103 Å². The molecule has 94 valence electrons. The van der Waals surface area contributed by atoms with Gasteiger partial charge in [0, 0.05) is 6.04 Å². The quantitative estimate of drug-likeness (QED) is 0.842. The fourth-order valence-electron chi connectivity index (χ4n) is 2.28. The third-order valence-electron chi connectivity index (χ3n) is 3.43. The van der Waals surface area contributed by atoms with E-state index in [-0.39, 0.29) is 6.04 Å². The predicted molar refractivity (Wildman–Crippen MR) is 68.0 cm³/mol. The van der Waals surface area contributed by atoms with Gasteiger partial charge >= 0.3 is 0 Å². The zero-order chi connectivity index (χ0) is 12.3. The van der Waals surface area contributed by atoms with Crippen molar-refractivity contribution in [3.63, 3.8) is 0 Å². The van der Waals surface area contributed by atoms with Crippen molar-refractivity contribution in [2.45, 2.75) is 44.2 Å². The molecule has 1 fully saturated rings. The summed E-state index contributed by atoms with van der Waals surface area (Å²) in [5, 5.41) is 10.2. The van der Waals surface area contributed by atoms with Crippen LogP contribution in [0.2, 0.25) is 0 Å². The molecule has 1 aromatic carbocycles. The number of rotatable bonds is 4. The Morgan fingerprint density at radius 3 is 2.76 bits per heavy atom. The Morgan fingerprint density at radius 2 is 2.12 bits per heavy atom. The highest BCUT2D eigenvalue weighted by molar-refractivity contribution is 5.30. The number of hydrogen-bond donors (Lipinski definition) is 2. The summed E-state index contributed by atoms with van der Waals surface area (Å²) in [6.45, 7) is 2.33. The molecule has 1 aromatic rings. The lowest BCUT2D eigenvalue weighted by molar-refractivity contribution is 0.00138. The molecule has 0 aromatic heterocycles. The Kier molecular flexibility index (Phi) is 3.69. The average molecular weight is 235 g/mol. The van der Waals surface area contributed by atoms with Crippen LogP contribution in [-0.4, -0.2) is 17.3 Å². The topological polar surface area (TPSA) is 55.5 Å². The first-order valence-electron chi connectivity index (χ1n) is 6.30. The minimum absolute atomic E-state index is 0.00752. The first-order chi connectivity index (χ1) is 8.09. The summed E-state index contributed by atoms with van der Waals surface area (Å²) in [7, 11) is 0. The van der Waals surface area contributed by atoms with Gasteiger partial charge in [-0.1, -0.05) is 25.0 Å². The SMILES string of the molecule is CC(N)c1cccc(OCC2(O)CCCC2)c1. The predicted octanol–water partition coefficient (Wildman–Crippen LogP) is 2.39. The zero-order valence-corrected chi connectivity index (χ0v) is 10.4. The lowest BCUT2D eigenvalue weighted by atomic mass is 10.0. The van der Waals surface area contributed by atoms with Crippen LogP contribution in [0.5, 0.6) is 5.75 Å². The Morgan fingerprint density at radius 1 is 1.41 bits per heavy atom. The molecule has 0 heterocycles. The Hall–Kier alpha value is -1.06. The van der Waals surface area contributed by atoms with Gasteiger partial charge < -0.3 is 15.6 Å². The molecule has 1 atom stereocenters. The molecule has 1 aliphatic carbocycles. The van der Waals surface area contributed by atoms with E-state index in [0.29, 0.717) is 6.61 Å². The molecule has 0 saturated heterocycles. The van der Waals surface area contributed by atoms with Crippen molar-refractivity contribution in [1.82, 2.24) is 0 Å². The van der Waals surface area contributed by atoms with Gasteiger partial charge in [0.15, 0.2) is 0 Å². The van der Waals surface area contributed by atoms with E-state index in [1.54, 1.807) is 0 Å². The van der Waals surface area contributed by atoms with Crippen molar-refractivity contribution in [2.75, 3.05) is 6.61 Å². The number of nitrogens with two attached hydrogens (primary N) is 1. The van der Waals surface area contributed by atoms with E-state index in [0.717, 1.165) is 37.0 Å². The van der Waals surface area contributed by atoms with E-state index in [2.05, 4.69) is 0 Å². The molecule has 0 bridgehead atoms. The van der Waals surface area contributed by atoms with Crippen LogP contribution < -0.4 is 10.5 Å². The average Bonchev–Trinajstić information content (AvgIpc) is 2.75. The third kappa shape index (κ3) is 3.20. The monoisotopic (exact) mass is 235 g/mol. The maximum Gasteiger partial charge on any atom is 0.119 e. The third-order valence-corrected chi connectivity index (χ3v) is 3.43. The van der Waals surface area contributed by atoms with Gasteiger partial charge in [-0.15, -0.1) is 0 Å². The molecule has 2 rings (SSSR count). The molecular weight excluding hydrogens is 214 g/mol. The van der Waals surface area contributed by atoms with Gasteiger partial charge in [-0.05, 0) is 37.5 Å². The second kappa shape index (κ2) is 5.07. The fourth-order valence-corrected chi connectivity index (χ4v) is 2.28. The molecule has 0 amide bonds. The van der Waals surface area contributed by atoms with E-state index in [1.165, 1.54) is 0 Å². The molecule has 1 saturated carbocycles. The summed E-state index contributed by atoms with van der Waals surface area (Å²) in [4.78, 5) is 0. The van der Waals surface area contributed by atoms with E-state index in [4.69, 9.17) is 10.5 Å². The molecular formula is C14H21NO2. The fraction of sp³-hybridized carbons (Fsp3) is 0.571. The maximum atomic E-state index is 10.2. The lowest BCUT2D eigenvalue weighted by Crippen LogP contribution is -2.32. The minimum atomic E-state index is -0.621. The van der Waals surface area contributed by atoms with E-state index >= 15 is 0 Å². The largest absolute Gasteiger partial charge is 0.491 e. The van der Waals surface area contributed by atoms with Crippen LogP contribution in [0, 0.1) is 0 Å². The number of benzene rings is 1. The summed E-state index contributed by atoms with van der Waals surface area (Å²) in [5.41, 5.74) is 6.26. The summed E-state index contributed by atoms with van der Waals surface area (Å²) < 4.78 is 5.68. The minimum Gasteiger partial charge on any atom is -0.491 e. The maximum absolute atomic E-state index is 10.2. The molecule has 17 heavy (non-hydrogen) atoms. The van der Waals surface area contributed by atoms with Crippen LogP contribution >= 0.6 is 0 Å². The molecule has 1 unspecified atom stereocenters. The highest BCUT2D eigenvalue weighted by Gasteiger charge is 2.31. The molecule has 3 heteroatoms. The van der Waals surface area contributed by atoms with Gasteiger partial charge in [-0.3, -0.25) is 0 Å². The van der Waals surface area contributed by atoms with E-state index in [1.807, 2.05) is 31.2 Å². The number of hydrogen-bond acceptors (Lipinski definition) is 3. The highest BCUT2D eigenvalue weighted by atomic mass is 16.5. The van der Waals surface area contributed by atoms with Crippen LogP contribution in [0.4, 0.5) is 0 Å². The van der Waals surface area contributed by atoms with Crippen LogP contribution in [-0.2, 0) is 0 Å². The first kappa shape index (κ1) is 12.4. The van der Waals surface area contributed by atoms with Gasteiger partial charge in [0.1, 0.15) is 12.4 Å². The summed E-state index contributed by atoms with van der Waals surface area (Å²) in [6.07, 6.45) is 3.89. The zero-order valence-electron chi connectivity index (χ0n) is 10.4. The van der Waals surface area contributed by atoms with Gasteiger partial charge in [0.05, 0.1) is 5.60 Å². The second-order valence-electron chi connectivity index (χ2n) is 5.08. The van der Waals surface area contributed by atoms with Gasteiger partial charge in [0.25, 0.3) is 0 Å². The van der Waals surface area contributed by atoms with Gasteiger partial charge in [-0.25, -0.2) is 0 Å². The number of aliphatic hydroxyl groups is 1. The van der Waals surface area contributed by atoms with Crippen molar-refractivity contribution >= 4 is 0 Å². The highest BCUT2D eigenvalue weighted by Crippen LogP contribution is 2.30. The molecule has 1 aliphatic rings. The first-order valence-corrected chi connectivity index (χ1v) is 6.30. The summed E-state index contributed by atoms with van der Waals surface area (Å²) in [6, 6.07) is 7.79. The molecule has 0 radical (unpaired) electrons. The van der Waals surface area contributed by atoms with Crippen LogP contribution in [0.1, 0.15) is 44.2 Å². The van der Waals surface area contributed by atoms with Crippen molar-refractivity contribution in [2.24, 2.45) is 5.73 Å². The second-order valence-corrected chi connectivity index (χ2v) is 5.08. The molecule has 0 aliphatic heterocycles. The molecule has 0 spiro atoms. The standard InChI is InChI=1S/C14H21NO2/c1-11(15)12-5-4-6-13(9-12)17-10-14(16)7-2-3-8-14/h4-6,9,11,16H,2-3,7-8,10,15H2,1H3. The van der Waals surface area contributed by atoms with Crippen LogP contribution in [0.15, 0.2) is 24.3 Å². The lowest BCUT2D eigenvalue weighted by Gasteiger charge is -2.22.